The highest BCUT2D eigenvalue weighted by molar-refractivity contribution is 5.38. The molecule has 2 aromatic rings. The lowest BCUT2D eigenvalue weighted by atomic mass is 10.0. The second-order valence-electron chi connectivity index (χ2n) is 8.22. The van der Waals surface area contributed by atoms with Crippen molar-refractivity contribution < 1.29 is 23.0 Å². The Morgan fingerprint density at radius 2 is 1.69 bits per heavy atom. The number of hydrogen-bond acceptors (Lipinski definition) is 4. The third-order valence-electron chi connectivity index (χ3n) is 5.76. The molecule has 172 valence electrons. The van der Waals surface area contributed by atoms with Crippen molar-refractivity contribution in [2.45, 2.75) is 70.7 Å². The van der Waals surface area contributed by atoms with Gasteiger partial charge in [0.2, 0.25) is 5.82 Å². The van der Waals surface area contributed by atoms with E-state index in [0.717, 1.165) is 17.5 Å². The summed E-state index contributed by atoms with van der Waals surface area (Å²) in [7, 11) is 0. The van der Waals surface area contributed by atoms with E-state index in [-0.39, 0.29) is 30.1 Å². The largest absolute Gasteiger partial charge is 0.486 e. The van der Waals surface area contributed by atoms with Gasteiger partial charge in [-0.25, -0.2) is 4.39 Å². The maximum atomic E-state index is 14.0. The fraction of sp³-hybridized carbons (Fsp3) is 0.500. The van der Waals surface area contributed by atoms with Crippen LogP contribution in [0.15, 0.2) is 36.4 Å². The number of nitrogens with zero attached hydrogens (tertiary/aromatic N) is 1. The van der Waals surface area contributed by atoms with Gasteiger partial charge in [0.15, 0.2) is 11.6 Å². The lowest BCUT2D eigenvalue weighted by Crippen LogP contribution is -2.31. The number of halogens is 2. The first-order chi connectivity index (χ1) is 15.6. The molecular formula is C26H31F2NO3. The van der Waals surface area contributed by atoms with Gasteiger partial charge in [0.05, 0.1) is 24.9 Å². The first kappa shape index (κ1) is 24.2. The fourth-order valence-corrected chi connectivity index (χ4v) is 3.77. The second kappa shape index (κ2) is 12.5. The van der Waals surface area contributed by atoms with Crippen LogP contribution in [0.1, 0.15) is 74.7 Å². The van der Waals surface area contributed by atoms with Gasteiger partial charge in [0, 0.05) is 0 Å². The van der Waals surface area contributed by atoms with Crippen molar-refractivity contribution in [2.75, 3.05) is 13.2 Å². The van der Waals surface area contributed by atoms with Gasteiger partial charge in [-0.05, 0) is 29.7 Å². The van der Waals surface area contributed by atoms with Crippen molar-refractivity contribution in [3.05, 3.63) is 64.7 Å². The predicted octanol–water partition coefficient (Wildman–Crippen LogP) is 6.62. The summed E-state index contributed by atoms with van der Waals surface area (Å²) in [6, 6.07) is 11.7. The standard InChI is InChI=1S/C26H31F2NO3/c1-2-3-4-5-6-7-8-22-17-32-24(18-30-22)20-11-9-19(10-12-20)16-31-23-14-13-21(15-29)25(27)26(23)28/h9-14,22,24H,2-8,16-18H2,1H3. The predicted molar refractivity (Wildman–Crippen MR) is 118 cm³/mol. The van der Waals surface area contributed by atoms with Gasteiger partial charge in [-0.1, -0.05) is 69.7 Å². The van der Waals surface area contributed by atoms with E-state index in [0.29, 0.717) is 13.2 Å². The zero-order chi connectivity index (χ0) is 22.8. The monoisotopic (exact) mass is 443 g/mol. The average Bonchev–Trinajstić information content (AvgIpc) is 2.83. The van der Waals surface area contributed by atoms with Crippen LogP contribution in [0.5, 0.6) is 5.75 Å². The van der Waals surface area contributed by atoms with Gasteiger partial charge in [-0.3, -0.25) is 0 Å². The van der Waals surface area contributed by atoms with Crippen molar-refractivity contribution in [1.29, 1.82) is 5.26 Å². The molecular weight excluding hydrogens is 412 g/mol. The van der Waals surface area contributed by atoms with Crippen molar-refractivity contribution in [1.82, 2.24) is 0 Å². The molecule has 0 spiro atoms. The summed E-state index contributed by atoms with van der Waals surface area (Å²) in [5.41, 5.74) is 1.49. The average molecular weight is 444 g/mol. The maximum Gasteiger partial charge on any atom is 0.202 e. The Kier molecular flexibility index (Phi) is 9.45. The molecule has 0 N–H and O–H groups in total. The lowest BCUT2D eigenvalue weighted by Gasteiger charge is -2.30. The molecule has 0 bridgehead atoms. The van der Waals surface area contributed by atoms with Crippen LogP contribution >= 0.6 is 0 Å². The van der Waals surface area contributed by atoms with E-state index in [4.69, 9.17) is 19.5 Å². The molecule has 4 nitrogen and oxygen atoms in total. The van der Waals surface area contributed by atoms with Crippen molar-refractivity contribution in [2.24, 2.45) is 0 Å². The smallest absolute Gasteiger partial charge is 0.202 e. The van der Waals surface area contributed by atoms with Gasteiger partial charge >= 0.3 is 0 Å². The Bertz CT molecular complexity index is 887. The highest BCUT2D eigenvalue weighted by Crippen LogP contribution is 2.26. The summed E-state index contributed by atoms with van der Waals surface area (Å²) in [6.45, 7) is 3.46. The number of unbranched alkanes of at least 4 members (excludes halogenated alkanes) is 5. The summed E-state index contributed by atoms with van der Waals surface area (Å²) in [5, 5.41) is 8.75. The van der Waals surface area contributed by atoms with Gasteiger partial charge in [-0.15, -0.1) is 0 Å². The topological polar surface area (TPSA) is 51.5 Å². The van der Waals surface area contributed by atoms with Gasteiger partial charge in [0.25, 0.3) is 0 Å². The van der Waals surface area contributed by atoms with Gasteiger partial charge < -0.3 is 14.2 Å². The Balaban J connectivity index is 1.42. The molecule has 1 heterocycles. The van der Waals surface area contributed by atoms with Crippen LogP contribution in [0.3, 0.4) is 0 Å². The highest BCUT2D eigenvalue weighted by atomic mass is 19.2. The molecule has 0 aromatic heterocycles. The quantitative estimate of drug-likeness (QED) is 0.366. The zero-order valence-electron chi connectivity index (χ0n) is 18.6. The van der Waals surface area contributed by atoms with E-state index in [2.05, 4.69) is 6.92 Å². The number of nitriles is 1. The highest BCUT2D eigenvalue weighted by Gasteiger charge is 2.23. The summed E-state index contributed by atoms with van der Waals surface area (Å²) in [6.07, 6.45) is 8.76. The fourth-order valence-electron chi connectivity index (χ4n) is 3.77. The zero-order valence-corrected chi connectivity index (χ0v) is 18.6. The number of hydrogen-bond donors (Lipinski definition) is 0. The van der Waals surface area contributed by atoms with Crippen LogP contribution in [0.25, 0.3) is 0 Å². The van der Waals surface area contributed by atoms with Crippen LogP contribution in [0, 0.1) is 23.0 Å². The molecule has 3 rings (SSSR count). The van der Waals surface area contributed by atoms with E-state index < -0.39 is 11.6 Å². The Morgan fingerprint density at radius 1 is 0.938 bits per heavy atom. The summed E-state index contributed by atoms with van der Waals surface area (Å²) >= 11 is 0. The van der Waals surface area contributed by atoms with Crippen LogP contribution in [0.2, 0.25) is 0 Å². The molecule has 2 unspecified atom stereocenters. The van der Waals surface area contributed by atoms with Crippen LogP contribution in [-0.4, -0.2) is 19.3 Å². The number of benzene rings is 2. The van der Waals surface area contributed by atoms with Crippen LogP contribution in [-0.2, 0) is 16.1 Å². The number of ether oxygens (including phenoxy) is 3. The molecule has 6 heteroatoms. The van der Waals surface area contributed by atoms with E-state index in [9.17, 15) is 8.78 Å². The minimum Gasteiger partial charge on any atom is -0.486 e. The first-order valence-electron chi connectivity index (χ1n) is 11.4. The third-order valence-corrected chi connectivity index (χ3v) is 5.76. The second-order valence-corrected chi connectivity index (χ2v) is 8.22. The molecule has 1 aliphatic rings. The first-order valence-corrected chi connectivity index (χ1v) is 11.4. The summed E-state index contributed by atoms with van der Waals surface area (Å²) in [4.78, 5) is 0. The Hall–Kier alpha value is -2.49. The van der Waals surface area contributed by atoms with Crippen LogP contribution in [0.4, 0.5) is 8.78 Å². The molecule has 0 amide bonds. The molecule has 1 aliphatic heterocycles. The van der Waals surface area contributed by atoms with E-state index in [1.54, 1.807) is 6.07 Å². The minimum absolute atomic E-state index is 0.0882. The van der Waals surface area contributed by atoms with Crippen molar-refractivity contribution >= 4 is 0 Å². The van der Waals surface area contributed by atoms with Gasteiger partial charge in [0.1, 0.15) is 18.8 Å². The SMILES string of the molecule is CCCCCCCCC1COC(c2ccc(COc3ccc(C#N)c(F)c3F)cc2)CO1. The summed E-state index contributed by atoms with van der Waals surface area (Å²) < 4.78 is 45.1. The normalized spacial score (nSPS) is 18.3. The molecule has 32 heavy (non-hydrogen) atoms. The summed E-state index contributed by atoms with van der Waals surface area (Å²) in [5.74, 6) is -2.56. The van der Waals surface area contributed by atoms with E-state index in [1.165, 1.54) is 50.7 Å². The minimum atomic E-state index is -1.19. The molecule has 0 aliphatic carbocycles. The van der Waals surface area contributed by atoms with E-state index in [1.807, 2.05) is 24.3 Å². The number of rotatable bonds is 11. The van der Waals surface area contributed by atoms with Crippen molar-refractivity contribution in [3.63, 3.8) is 0 Å². The van der Waals surface area contributed by atoms with Gasteiger partial charge in [-0.2, -0.15) is 9.65 Å². The molecule has 2 atom stereocenters. The van der Waals surface area contributed by atoms with E-state index >= 15 is 0 Å². The molecule has 1 fully saturated rings. The lowest BCUT2D eigenvalue weighted by molar-refractivity contribution is -0.137. The van der Waals surface area contributed by atoms with Crippen LogP contribution < -0.4 is 4.74 Å². The Labute approximate surface area is 189 Å². The molecule has 2 aromatic carbocycles. The maximum absolute atomic E-state index is 14.0. The Morgan fingerprint density at radius 3 is 2.38 bits per heavy atom. The molecule has 1 saturated heterocycles. The molecule has 0 saturated carbocycles. The molecule has 0 radical (unpaired) electrons. The third kappa shape index (κ3) is 6.75. The van der Waals surface area contributed by atoms with Crippen molar-refractivity contribution in [3.8, 4) is 11.8 Å².